The number of hydrogen-bond acceptors (Lipinski definition) is 4. The Labute approximate surface area is 148 Å². The molecule has 0 aromatic heterocycles. The highest BCUT2D eigenvalue weighted by molar-refractivity contribution is 5.85. The molecule has 6 heteroatoms. The summed E-state index contributed by atoms with van der Waals surface area (Å²) in [5, 5.41) is 11.9. The number of hydrogen-bond donors (Lipinski definition) is 2. The minimum absolute atomic E-state index is 0. The zero-order valence-corrected chi connectivity index (χ0v) is 14.2. The van der Waals surface area contributed by atoms with Gasteiger partial charge in [0, 0.05) is 24.2 Å². The lowest BCUT2D eigenvalue weighted by Crippen LogP contribution is -2.20. The first-order valence-electron chi connectivity index (χ1n) is 7.64. The van der Waals surface area contributed by atoms with Crippen LogP contribution >= 0.6 is 12.4 Å². The maximum absolute atomic E-state index is 13.6. The van der Waals surface area contributed by atoms with Crippen LogP contribution in [0.4, 0.5) is 4.39 Å². The molecule has 0 atom stereocenters. The number of ether oxygens (including phenoxy) is 2. The average molecular weight is 356 g/mol. The van der Waals surface area contributed by atoms with Gasteiger partial charge in [-0.25, -0.2) is 4.39 Å². The molecule has 2 aromatic rings. The second-order valence-electron chi connectivity index (χ2n) is 5.00. The van der Waals surface area contributed by atoms with Crippen LogP contribution in [0.3, 0.4) is 0 Å². The van der Waals surface area contributed by atoms with Gasteiger partial charge in [-0.05, 0) is 12.1 Å². The van der Waals surface area contributed by atoms with E-state index in [1.807, 2.05) is 24.3 Å². The molecule has 0 heterocycles. The summed E-state index contributed by atoms with van der Waals surface area (Å²) >= 11 is 0. The molecule has 4 nitrogen and oxygen atoms in total. The van der Waals surface area contributed by atoms with Gasteiger partial charge >= 0.3 is 0 Å². The van der Waals surface area contributed by atoms with Gasteiger partial charge in [0.15, 0.2) is 0 Å². The zero-order chi connectivity index (χ0) is 16.3. The van der Waals surface area contributed by atoms with E-state index in [0.717, 1.165) is 11.3 Å². The summed E-state index contributed by atoms with van der Waals surface area (Å²) in [6.45, 7) is 2.44. The lowest BCUT2D eigenvalue weighted by atomic mass is 10.2. The van der Waals surface area contributed by atoms with Gasteiger partial charge in [0.05, 0.1) is 19.8 Å². The van der Waals surface area contributed by atoms with Gasteiger partial charge in [0.25, 0.3) is 0 Å². The third-order valence-electron chi connectivity index (χ3n) is 3.29. The molecule has 2 rings (SSSR count). The van der Waals surface area contributed by atoms with E-state index in [0.29, 0.717) is 31.9 Å². The Hall–Kier alpha value is -1.66. The van der Waals surface area contributed by atoms with Crippen LogP contribution in [-0.2, 0) is 17.9 Å². The molecular formula is C18H23ClFNO3. The zero-order valence-electron chi connectivity index (χ0n) is 13.4. The number of nitrogens with one attached hydrogen (secondary N) is 1. The number of aliphatic hydroxyl groups is 1. The maximum Gasteiger partial charge on any atom is 0.129 e. The quantitative estimate of drug-likeness (QED) is 0.643. The first-order valence-corrected chi connectivity index (χ1v) is 7.64. The third kappa shape index (κ3) is 6.84. The van der Waals surface area contributed by atoms with Crippen LogP contribution in [0.1, 0.15) is 11.1 Å². The smallest absolute Gasteiger partial charge is 0.129 e. The number of para-hydroxylation sites is 1. The van der Waals surface area contributed by atoms with Crippen LogP contribution in [0.15, 0.2) is 48.5 Å². The van der Waals surface area contributed by atoms with E-state index in [1.165, 1.54) is 6.07 Å². The highest BCUT2D eigenvalue weighted by Crippen LogP contribution is 2.19. The summed E-state index contributed by atoms with van der Waals surface area (Å²) in [5.74, 6) is 0.476. The Morgan fingerprint density at radius 3 is 2.42 bits per heavy atom. The van der Waals surface area contributed by atoms with E-state index >= 15 is 0 Å². The van der Waals surface area contributed by atoms with Gasteiger partial charge in [-0.3, -0.25) is 0 Å². The van der Waals surface area contributed by atoms with Crippen molar-refractivity contribution >= 4 is 12.4 Å². The number of rotatable bonds is 10. The average Bonchev–Trinajstić information content (AvgIpc) is 2.58. The summed E-state index contributed by atoms with van der Waals surface area (Å²) in [6, 6.07) is 14.3. The highest BCUT2D eigenvalue weighted by atomic mass is 35.5. The molecule has 0 aliphatic rings. The van der Waals surface area contributed by atoms with Gasteiger partial charge in [-0.15, -0.1) is 12.4 Å². The van der Waals surface area contributed by atoms with E-state index in [1.54, 1.807) is 18.2 Å². The molecule has 0 unspecified atom stereocenters. The van der Waals surface area contributed by atoms with Crippen LogP contribution < -0.4 is 10.1 Å². The SMILES string of the molecule is Cl.OCCOCCNCc1ccccc1OCc1ccccc1F. The van der Waals surface area contributed by atoms with Crippen LogP contribution in [0.5, 0.6) is 5.75 Å². The summed E-state index contributed by atoms with van der Waals surface area (Å²) in [7, 11) is 0. The molecule has 0 aliphatic heterocycles. The topological polar surface area (TPSA) is 50.7 Å². The van der Waals surface area contributed by atoms with Crippen molar-refractivity contribution in [1.29, 1.82) is 0 Å². The fourth-order valence-electron chi connectivity index (χ4n) is 2.10. The Balaban J connectivity index is 0.00000288. The molecule has 2 aromatic carbocycles. The molecule has 0 bridgehead atoms. The lowest BCUT2D eigenvalue weighted by molar-refractivity contribution is 0.0937. The first kappa shape index (κ1) is 20.4. The Morgan fingerprint density at radius 2 is 1.67 bits per heavy atom. The van der Waals surface area contributed by atoms with E-state index < -0.39 is 0 Å². The van der Waals surface area contributed by atoms with Crippen molar-refractivity contribution in [1.82, 2.24) is 5.32 Å². The molecule has 0 spiro atoms. The van der Waals surface area contributed by atoms with Gasteiger partial charge in [0.2, 0.25) is 0 Å². The van der Waals surface area contributed by atoms with Crippen LogP contribution in [0.2, 0.25) is 0 Å². The van der Waals surface area contributed by atoms with Gasteiger partial charge < -0.3 is 19.9 Å². The van der Waals surface area contributed by atoms with Crippen molar-refractivity contribution < 1.29 is 19.0 Å². The summed E-state index contributed by atoms with van der Waals surface area (Å²) in [4.78, 5) is 0. The van der Waals surface area contributed by atoms with Crippen molar-refractivity contribution in [3.05, 3.63) is 65.5 Å². The van der Waals surface area contributed by atoms with Crippen LogP contribution in [-0.4, -0.2) is 31.5 Å². The number of benzene rings is 2. The van der Waals surface area contributed by atoms with E-state index in [9.17, 15) is 4.39 Å². The Kier molecular flexibility index (Phi) is 10.0. The van der Waals surface area contributed by atoms with E-state index in [4.69, 9.17) is 14.6 Å². The molecule has 2 N–H and O–H groups in total. The molecule has 0 saturated carbocycles. The second kappa shape index (κ2) is 11.8. The lowest BCUT2D eigenvalue weighted by Gasteiger charge is -2.12. The third-order valence-corrected chi connectivity index (χ3v) is 3.29. The van der Waals surface area contributed by atoms with Crippen LogP contribution in [0, 0.1) is 5.82 Å². The fraction of sp³-hybridized carbons (Fsp3) is 0.333. The van der Waals surface area contributed by atoms with Crippen molar-refractivity contribution in [3.63, 3.8) is 0 Å². The summed E-state index contributed by atoms with van der Waals surface area (Å²) in [5.41, 5.74) is 1.54. The molecule has 0 amide bonds. The number of halogens is 2. The van der Waals surface area contributed by atoms with Crippen molar-refractivity contribution in [3.8, 4) is 5.75 Å². The number of aliphatic hydroxyl groups excluding tert-OH is 1. The van der Waals surface area contributed by atoms with Gasteiger partial charge in [0.1, 0.15) is 18.2 Å². The largest absolute Gasteiger partial charge is 0.488 e. The summed E-state index contributed by atoms with van der Waals surface area (Å²) < 4.78 is 24.6. The van der Waals surface area contributed by atoms with Crippen LogP contribution in [0.25, 0.3) is 0 Å². The maximum atomic E-state index is 13.6. The van der Waals surface area contributed by atoms with Gasteiger partial charge in [-0.2, -0.15) is 0 Å². The minimum atomic E-state index is -0.260. The first-order chi connectivity index (χ1) is 11.3. The molecule has 0 saturated heterocycles. The van der Waals surface area contributed by atoms with Gasteiger partial charge in [-0.1, -0.05) is 36.4 Å². The molecule has 132 valence electrons. The van der Waals surface area contributed by atoms with Crippen molar-refractivity contribution in [2.75, 3.05) is 26.4 Å². The summed E-state index contributed by atoms with van der Waals surface area (Å²) in [6.07, 6.45) is 0. The second-order valence-corrected chi connectivity index (χ2v) is 5.00. The van der Waals surface area contributed by atoms with E-state index in [2.05, 4.69) is 5.32 Å². The normalized spacial score (nSPS) is 10.2. The predicted octanol–water partition coefficient (Wildman–Crippen LogP) is 2.93. The monoisotopic (exact) mass is 355 g/mol. The molecule has 0 fully saturated rings. The standard InChI is InChI=1S/C18H22FNO3.ClH/c19-17-7-3-1-6-16(17)14-23-18-8-4-2-5-15(18)13-20-9-11-22-12-10-21;/h1-8,20-21H,9-14H2;1H. The van der Waals surface area contributed by atoms with E-state index in [-0.39, 0.29) is 31.4 Å². The minimum Gasteiger partial charge on any atom is -0.488 e. The highest BCUT2D eigenvalue weighted by Gasteiger charge is 2.05. The molecule has 0 radical (unpaired) electrons. The predicted molar refractivity (Wildman–Crippen MR) is 94.0 cm³/mol. The molecule has 0 aliphatic carbocycles. The fourth-order valence-corrected chi connectivity index (χ4v) is 2.10. The molecular weight excluding hydrogens is 333 g/mol. The van der Waals surface area contributed by atoms with Crippen molar-refractivity contribution in [2.45, 2.75) is 13.2 Å². The Morgan fingerprint density at radius 1 is 0.958 bits per heavy atom. The van der Waals surface area contributed by atoms with Crippen molar-refractivity contribution in [2.24, 2.45) is 0 Å². The Bertz CT molecular complexity index is 598. The molecule has 24 heavy (non-hydrogen) atoms.